The van der Waals surface area contributed by atoms with Crippen molar-refractivity contribution in [3.05, 3.63) is 111 Å². The molecule has 36 heavy (non-hydrogen) atoms. The second-order valence-corrected chi connectivity index (χ2v) is 9.76. The summed E-state index contributed by atoms with van der Waals surface area (Å²) in [5.41, 5.74) is 5.74. The van der Waals surface area contributed by atoms with E-state index in [2.05, 4.69) is 16.7 Å². The quantitative estimate of drug-likeness (QED) is 0.380. The summed E-state index contributed by atoms with van der Waals surface area (Å²) >= 11 is 1.25. The maximum Gasteiger partial charge on any atom is 0.254 e. The molecule has 0 saturated carbocycles. The van der Waals surface area contributed by atoms with Crippen LogP contribution in [0.2, 0.25) is 0 Å². The predicted octanol–water partition coefficient (Wildman–Crippen LogP) is 6.16. The van der Waals surface area contributed by atoms with E-state index in [4.69, 9.17) is 4.42 Å². The van der Waals surface area contributed by atoms with Gasteiger partial charge in [0.2, 0.25) is 0 Å². The van der Waals surface area contributed by atoms with Gasteiger partial charge in [0.25, 0.3) is 5.91 Å². The number of nitriles is 1. The topological polar surface area (TPSA) is 95.1 Å². The van der Waals surface area contributed by atoms with Gasteiger partial charge < -0.3 is 15.1 Å². The van der Waals surface area contributed by atoms with Crippen molar-refractivity contribution >= 4 is 29.1 Å². The third-order valence-corrected chi connectivity index (χ3v) is 7.10. The highest BCUT2D eigenvalue weighted by molar-refractivity contribution is 8.03. The highest BCUT2D eigenvalue weighted by Gasteiger charge is 2.36. The highest BCUT2D eigenvalue weighted by Crippen LogP contribution is 2.41. The lowest BCUT2D eigenvalue weighted by Gasteiger charge is -2.28. The van der Waals surface area contributed by atoms with Gasteiger partial charge in [0.15, 0.2) is 5.78 Å². The van der Waals surface area contributed by atoms with Gasteiger partial charge >= 0.3 is 0 Å². The molecule has 1 aromatic heterocycles. The van der Waals surface area contributed by atoms with Crippen molar-refractivity contribution in [1.29, 1.82) is 5.26 Å². The van der Waals surface area contributed by atoms with Crippen LogP contribution in [0, 0.1) is 32.1 Å². The van der Waals surface area contributed by atoms with Crippen molar-refractivity contribution < 1.29 is 14.0 Å². The van der Waals surface area contributed by atoms with Crippen LogP contribution in [0.4, 0.5) is 5.69 Å². The molecule has 1 aliphatic rings. The van der Waals surface area contributed by atoms with Gasteiger partial charge in [-0.05, 0) is 51.0 Å². The number of anilines is 1. The largest absolute Gasteiger partial charge is 0.468 e. The summed E-state index contributed by atoms with van der Waals surface area (Å²) in [6, 6.07) is 18.8. The average Bonchev–Trinajstić information content (AvgIpc) is 3.39. The Labute approximate surface area is 215 Å². The van der Waals surface area contributed by atoms with Crippen LogP contribution in [-0.4, -0.2) is 17.4 Å². The van der Waals surface area contributed by atoms with Gasteiger partial charge in [-0.3, -0.25) is 9.59 Å². The third-order valence-electron chi connectivity index (χ3n) is 6.08. The van der Waals surface area contributed by atoms with Gasteiger partial charge in [0.05, 0.1) is 40.2 Å². The summed E-state index contributed by atoms with van der Waals surface area (Å²) in [4.78, 5) is 26.3. The number of nitrogens with one attached hydrogen (secondary N) is 2. The molecule has 2 heterocycles. The van der Waals surface area contributed by atoms with E-state index in [-0.39, 0.29) is 17.4 Å². The number of rotatable bonds is 7. The van der Waals surface area contributed by atoms with Crippen molar-refractivity contribution in [1.82, 2.24) is 5.32 Å². The highest BCUT2D eigenvalue weighted by atomic mass is 32.2. The van der Waals surface area contributed by atoms with Crippen LogP contribution in [0.25, 0.3) is 0 Å². The Morgan fingerprint density at radius 3 is 2.36 bits per heavy atom. The Bertz CT molecular complexity index is 1390. The standard InChI is InChI=1S/C29H27N3O3S/c1-17-13-18(2)27(19(3)14-17)32-28(34)25-20(4)31-29(22(15-30)26(25)24-11-8-12-35-24)36-16-23(33)21-9-6-5-7-10-21/h5-14,26,31H,16H2,1-4H3,(H,32,34). The lowest BCUT2D eigenvalue weighted by molar-refractivity contribution is -0.113. The zero-order valence-corrected chi connectivity index (χ0v) is 21.5. The van der Waals surface area contributed by atoms with Crippen molar-refractivity contribution in [2.24, 2.45) is 0 Å². The summed E-state index contributed by atoms with van der Waals surface area (Å²) in [5, 5.41) is 17.0. The van der Waals surface area contributed by atoms with Crippen molar-refractivity contribution in [2.75, 3.05) is 11.1 Å². The minimum atomic E-state index is -0.702. The molecule has 4 rings (SSSR count). The number of hydrogen-bond acceptors (Lipinski definition) is 6. The predicted molar refractivity (Wildman–Crippen MR) is 142 cm³/mol. The van der Waals surface area contributed by atoms with Gasteiger partial charge in [0.1, 0.15) is 5.76 Å². The first-order chi connectivity index (χ1) is 17.3. The fourth-order valence-corrected chi connectivity index (χ4v) is 5.46. The molecule has 2 aromatic carbocycles. The zero-order valence-electron chi connectivity index (χ0n) is 20.6. The first-order valence-corrected chi connectivity index (χ1v) is 12.5. The minimum absolute atomic E-state index is 0.0442. The second-order valence-electron chi connectivity index (χ2n) is 8.77. The molecule has 0 aliphatic carbocycles. The van der Waals surface area contributed by atoms with Crippen LogP contribution in [0.5, 0.6) is 0 Å². The molecule has 0 saturated heterocycles. The number of hydrogen-bond donors (Lipinski definition) is 2. The first-order valence-electron chi connectivity index (χ1n) is 11.6. The molecule has 1 atom stereocenters. The van der Waals surface area contributed by atoms with Gasteiger partial charge in [-0.15, -0.1) is 0 Å². The van der Waals surface area contributed by atoms with Crippen molar-refractivity contribution in [3.8, 4) is 6.07 Å². The van der Waals surface area contributed by atoms with Crippen LogP contribution in [-0.2, 0) is 4.79 Å². The molecule has 0 radical (unpaired) electrons. The van der Waals surface area contributed by atoms with Gasteiger partial charge in [-0.1, -0.05) is 59.8 Å². The number of furan rings is 1. The molecule has 0 fully saturated rings. The Kier molecular flexibility index (Phi) is 7.47. The number of thioether (sulfide) groups is 1. The molecule has 6 nitrogen and oxygen atoms in total. The molecule has 1 amide bonds. The molecule has 2 N–H and O–H groups in total. The van der Waals surface area contributed by atoms with Gasteiger partial charge in [-0.25, -0.2) is 0 Å². The van der Waals surface area contributed by atoms with Crippen LogP contribution in [0.1, 0.15) is 45.7 Å². The van der Waals surface area contributed by atoms with Gasteiger partial charge in [-0.2, -0.15) is 5.26 Å². The summed E-state index contributed by atoms with van der Waals surface area (Å²) in [7, 11) is 0. The number of dihydropyridines is 1. The first kappa shape index (κ1) is 25.1. The van der Waals surface area contributed by atoms with E-state index in [0.717, 1.165) is 22.4 Å². The number of nitrogens with zero attached hydrogens (tertiary/aromatic N) is 1. The number of allylic oxidation sites excluding steroid dienone is 2. The van der Waals surface area contributed by atoms with Crippen molar-refractivity contribution in [3.63, 3.8) is 0 Å². The molecule has 0 bridgehead atoms. The smallest absolute Gasteiger partial charge is 0.254 e. The molecule has 0 spiro atoms. The lowest BCUT2D eigenvalue weighted by atomic mass is 9.85. The van der Waals surface area contributed by atoms with Gasteiger partial charge in [0, 0.05) is 16.9 Å². The van der Waals surface area contributed by atoms with E-state index in [1.807, 2.05) is 51.1 Å². The number of aryl methyl sites for hydroxylation is 3. The van der Waals surface area contributed by atoms with E-state index >= 15 is 0 Å². The fourth-order valence-electron chi connectivity index (χ4n) is 4.47. The van der Waals surface area contributed by atoms with Crippen LogP contribution >= 0.6 is 11.8 Å². The van der Waals surface area contributed by atoms with Crippen LogP contribution in [0.3, 0.4) is 0 Å². The number of amides is 1. The monoisotopic (exact) mass is 497 g/mol. The molecule has 7 heteroatoms. The number of carbonyl (C=O) groups is 2. The minimum Gasteiger partial charge on any atom is -0.468 e. The van der Waals surface area contributed by atoms with E-state index in [1.165, 1.54) is 18.0 Å². The van der Waals surface area contributed by atoms with Crippen LogP contribution in [0.15, 0.2) is 87.1 Å². The summed E-state index contributed by atoms with van der Waals surface area (Å²) in [5.74, 6) is -0.418. The average molecular weight is 498 g/mol. The number of carbonyl (C=O) groups excluding carboxylic acids is 2. The molecular weight excluding hydrogens is 470 g/mol. The SMILES string of the molecule is CC1=C(C(=O)Nc2c(C)cc(C)cc2C)C(c2ccco2)C(C#N)=C(SCC(=O)c2ccccc2)N1. The molecular formula is C29H27N3O3S. The molecule has 182 valence electrons. The van der Waals surface area contributed by atoms with E-state index in [0.29, 0.717) is 33.2 Å². The van der Waals surface area contributed by atoms with E-state index in [1.54, 1.807) is 31.2 Å². The lowest BCUT2D eigenvalue weighted by Crippen LogP contribution is -2.31. The molecule has 3 aromatic rings. The maximum atomic E-state index is 13.6. The zero-order chi connectivity index (χ0) is 25.8. The summed E-state index contributed by atoms with van der Waals surface area (Å²) < 4.78 is 5.69. The summed E-state index contributed by atoms with van der Waals surface area (Å²) in [6.07, 6.45) is 1.53. The van der Waals surface area contributed by atoms with Crippen LogP contribution < -0.4 is 10.6 Å². The van der Waals surface area contributed by atoms with E-state index < -0.39 is 5.92 Å². The number of benzene rings is 2. The number of Topliss-reactive ketones (excluding diaryl/α,β-unsaturated/α-hetero) is 1. The Morgan fingerprint density at radius 1 is 1.06 bits per heavy atom. The van der Waals surface area contributed by atoms with Crippen molar-refractivity contribution in [2.45, 2.75) is 33.6 Å². The fraction of sp³-hybridized carbons (Fsp3) is 0.207. The summed E-state index contributed by atoms with van der Waals surface area (Å²) in [6.45, 7) is 7.73. The number of ketones is 1. The second kappa shape index (κ2) is 10.7. The van der Waals surface area contributed by atoms with E-state index in [9.17, 15) is 14.9 Å². The normalized spacial score (nSPS) is 15.4. The Balaban J connectivity index is 1.67. The third kappa shape index (κ3) is 5.14. The molecule has 1 unspecified atom stereocenters. The Morgan fingerprint density at radius 2 is 1.75 bits per heavy atom. The Hall–Kier alpha value is -4.02. The maximum absolute atomic E-state index is 13.6. The molecule has 1 aliphatic heterocycles.